The smallest absolute Gasteiger partial charge is 0.672 e. The van der Waals surface area contributed by atoms with Crippen molar-refractivity contribution in [3.05, 3.63) is 0 Å². The Morgan fingerprint density at radius 2 is 1.40 bits per heavy atom. The van der Waals surface area contributed by atoms with Crippen molar-refractivity contribution >= 4 is 9.17 Å². The number of hydrogen-bond acceptors (Lipinski definition) is 3. The van der Waals surface area contributed by atoms with E-state index in [9.17, 15) is 0 Å². The van der Waals surface area contributed by atoms with Crippen molar-refractivity contribution in [2.45, 2.75) is 0 Å². The summed E-state index contributed by atoms with van der Waals surface area (Å²) in [5, 5.41) is 0. The summed E-state index contributed by atoms with van der Waals surface area (Å²) in [7, 11) is -3.63. The van der Waals surface area contributed by atoms with Crippen molar-refractivity contribution in [2.24, 2.45) is 0 Å². The van der Waals surface area contributed by atoms with E-state index in [-0.39, 0.29) is 22.4 Å². The monoisotopic (exact) mass is 169 g/mol. The van der Waals surface area contributed by atoms with Crippen LogP contribution in [0.3, 0.4) is 0 Å². The Balaban J connectivity index is 0. The maximum atomic E-state index is 8.52. The van der Waals surface area contributed by atoms with Crippen LogP contribution >= 0.6 is 0 Å². The van der Waals surface area contributed by atoms with E-state index < -0.39 is 9.17 Å². The van der Waals surface area contributed by atoms with Crippen LogP contribution in [0.5, 0.6) is 0 Å². The van der Waals surface area contributed by atoms with Crippen LogP contribution in [-0.4, -0.2) is 9.17 Å². The molecule has 0 fully saturated rings. The third-order valence-electron chi connectivity index (χ3n) is 0. The second-order valence-corrected chi connectivity index (χ2v) is 0.750. The quantitative estimate of drug-likeness (QED) is 0.366. The largest absolute Gasteiger partial charge is 2.00 e. The van der Waals surface area contributed by atoms with Gasteiger partial charge in [-0.3, -0.25) is 0 Å². The molecule has 0 unspecified atom stereocenters. The molecule has 5 heavy (non-hydrogen) atoms. The Kier molecular flexibility index (Phi) is 7.86. The molecule has 0 amide bonds. The van der Waals surface area contributed by atoms with Gasteiger partial charge in [0, 0.05) is 9.17 Å². The predicted octanol–water partition coefficient (Wildman–Crippen LogP) is -2.88. The first-order valence-corrected chi connectivity index (χ1v) is 1.84. The average molecular weight is 169 g/mol. The summed E-state index contributed by atoms with van der Waals surface area (Å²) in [6.07, 6.45) is 0. The van der Waals surface area contributed by atoms with E-state index in [1.807, 2.05) is 0 Å². The van der Waals surface area contributed by atoms with E-state index >= 15 is 0 Å². The molecule has 0 aliphatic rings. The first kappa shape index (κ1) is 9.02. The van der Waals surface area contributed by atoms with Gasteiger partial charge in [-0.05, 0) is 0 Å². The van der Waals surface area contributed by atoms with Crippen molar-refractivity contribution in [3.8, 4) is 0 Å². The molecule has 0 bridgehead atoms. The van der Waals surface area contributed by atoms with E-state index in [0.717, 1.165) is 0 Å². The van der Waals surface area contributed by atoms with Gasteiger partial charge in [-0.15, -0.1) is 0 Å². The summed E-state index contributed by atoms with van der Waals surface area (Å²) < 4.78 is 8.52. The maximum Gasteiger partial charge on any atom is 2.00 e. The fourth-order valence-corrected chi connectivity index (χ4v) is 0. The van der Waals surface area contributed by atoms with E-state index in [1.54, 1.807) is 0 Å². The maximum absolute atomic E-state index is 8.52. The van der Waals surface area contributed by atoms with Crippen LogP contribution < -0.4 is 9.59 Å². The molecule has 0 atom stereocenters. The van der Waals surface area contributed by atoms with Gasteiger partial charge >= 0.3 is 22.4 Å². The molecule has 1 radical (unpaired) electrons. The molecule has 0 N–H and O–H groups in total. The fraction of sp³-hybridized carbons (Fsp3) is 0. The van der Waals surface area contributed by atoms with E-state index in [4.69, 9.17) is 14.1 Å². The summed E-state index contributed by atoms with van der Waals surface area (Å²) in [5.41, 5.74) is 0. The molecular formula is NbO3Si. The average Bonchev–Trinajstić information content (AvgIpc) is 0.811. The molecule has 0 saturated heterocycles. The van der Waals surface area contributed by atoms with E-state index in [0.29, 0.717) is 0 Å². The van der Waals surface area contributed by atoms with E-state index in [2.05, 4.69) is 0 Å². The molecule has 0 aromatic heterocycles. The van der Waals surface area contributed by atoms with Crippen molar-refractivity contribution in [3.63, 3.8) is 0 Å². The molecule has 5 heteroatoms. The van der Waals surface area contributed by atoms with Crippen molar-refractivity contribution in [1.29, 1.82) is 0 Å². The summed E-state index contributed by atoms with van der Waals surface area (Å²) >= 11 is 0. The molecule has 3 nitrogen and oxygen atoms in total. The van der Waals surface area contributed by atoms with Gasteiger partial charge in [0.1, 0.15) is 0 Å². The molecule has 0 spiro atoms. The summed E-state index contributed by atoms with van der Waals surface area (Å²) in [4.78, 5) is 17.0. The van der Waals surface area contributed by atoms with Crippen molar-refractivity contribution < 1.29 is 36.4 Å². The molecule has 0 rings (SSSR count). The van der Waals surface area contributed by atoms with Gasteiger partial charge in [0.25, 0.3) is 0 Å². The van der Waals surface area contributed by atoms with Gasteiger partial charge < -0.3 is 14.1 Å². The van der Waals surface area contributed by atoms with Gasteiger partial charge in [-0.25, -0.2) is 0 Å². The SMILES string of the molecule is O=[Si]([O-])[O-].[Nb+2]. The van der Waals surface area contributed by atoms with E-state index in [1.165, 1.54) is 0 Å². The van der Waals surface area contributed by atoms with Crippen LogP contribution in [0.4, 0.5) is 0 Å². The number of rotatable bonds is 0. The standard InChI is InChI=1S/Nb.O3Si/c;1-4(2)3/q+2;-2. The number of hydrogen-bond donors (Lipinski definition) is 0. The van der Waals surface area contributed by atoms with Crippen LogP contribution in [0.25, 0.3) is 0 Å². The zero-order chi connectivity index (χ0) is 3.58. The van der Waals surface area contributed by atoms with Crippen LogP contribution in [0, 0.1) is 0 Å². The Hall–Kier alpha value is 0.357. The third kappa shape index (κ3) is 190. The molecule has 27 valence electrons. The molecule has 0 aliphatic carbocycles. The second kappa shape index (κ2) is 4.36. The normalized spacial score (nSPS) is 4.80. The minimum atomic E-state index is -3.63. The Morgan fingerprint density at radius 1 is 1.40 bits per heavy atom. The Labute approximate surface area is 46.0 Å². The zero-order valence-corrected chi connectivity index (χ0v) is 5.37. The third-order valence-corrected chi connectivity index (χ3v) is 0. The minimum absolute atomic E-state index is 0. The van der Waals surface area contributed by atoms with Crippen molar-refractivity contribution in [1.82, 2.24) is 0 Å². The van der Waals surface area contributed by atoms with Gasteiger partial charge in [0.05, 0.1) is 0 Å². The summed E-state index contributed by atoms with van der Waals surface area (Å²) in [6.45, 7) is 0. The summed E-state index contributed by atoms with van der Waals surface area (Å²) in [6, 6.07) is 0. The molecule has 0 saturated carbocycles. The molecular weight excluding hydrogens is 169 g/mol. The topological polar surface area (TPSA) is 63.2 Å². The zero-order valence-electron chi connectivity index (χ0n) is 2.17. The molecule has 0 aromatic rings. The second-order valence-electron chi connectivity index (χ2n) is 0.250. The fourth-order valence-electron chi connectivity index (χ4n) is 0. The summed E-state index contributed by atoms with van der Waals surface area (Å²) in [5.74, 6) is 0. The van der Waals surface area contributed by atoms with Crippen LogP contribution in [-0.2, 0) is 26.8 Å². The van der Waals surface area contributed by atoms with Gasteiger partial charge in [0.15, 0.2) is 0 Å². The molecule has 0 aromatic carbocycles. The van der Waals surface area contributed by atoms with Crippen molar-refractivity contribution in [2.75, 3.05) is 0 Å². The van der Waals surface area contributed by atoms with Crippen LogP contribution in [0.15, 0.2) is 0 Å². The minimum Gasteiger partial charge on any atom is -0.672 e. The molecule has 0 heterocycles. The predicted molar refractivity (Wildman–Crippen MR) is 6.44 cm³/mol. The van der Waals surface area contributed by atoms with Crippen LogP contribution in [0.2, 0.25) is 0 Å². The van der Waals surface area contributed by atoms with Crippen LogP contribution in [0.1, 0.15) is 0 Å². The van der Waals surface area contributed by atoms with Gasteiger partial charge in [-0.2, -0.15) is 0 Å². The Bertz CT molecular complexity index is 29.9. The molecule has 0 aliphatic heterocycles. The first-order chi connectivity index (χ1) is 1.73. The van der Waals surface area contributed by atoms with Gasteiger partial charge in [0.2, 0.25) is 0 Å². The van der Waals surface area contributed by atoms with Gasteiger partial charge in [-0.1, -0.05) is 0 Å². The Morgan fingerprint density at radius 3 is 1.40 bits per heavy atom. The first-order valence-electron chi connectivity index (χ1n) is 0.612.